The van der Waals surface area contributed by atoms with E-state index in [0.29, 0.717) is 12.6 Å². The third kappa shape index (κ3) is 2.99. The molecule has 3 nitrogen and oxygen atoms in total. The zero-order chi connectivity index (χ0) is 12.4. The lowest BCUT2D eigenvalue weighted by Crippen LogP contribution is -2.37. The van der Waals surface area contributed by atoms with E-state index in [4.69, 9.17) is 17.3 Å². The summed E-state index contributed by atoms with van der Waals surface area (Å²) in [6.45, 7) is 2.37. The van der Waals surface area contributed by atoms with Crippen molar-refractivity contribution >= 4 is 17.5 Å². The maximum Gasteiger partial charge on any atom is 0.231 e. The molecule has 1 aromatic carbocycles. The highest BCUT2D eigenvalue weighted by atomic mass is 35.5. The summed E-state index contributed by atoms with van der Waals surface area (Å²) in [6, 6.07) is 8.37. The molecular formula is C13H17ClN2O. The van der Waals surface area contributed by atoms with E-state index < -0.39 is 0 Å². The van der Waals surface area contributed by atoms with Crippen LogP contribution in [-0.4, -0.2) is 23.4 Å². The van der Waals surface area contributed by atoms with Gasteiger partial charge in [-0.15, -0.1) is 0 Å². The monoisotopic (exact) mass is 252 g/mol. The Balaban J connectivity index is 2.18. The van der Waals surface area contributed by atoms with Gasteiger partial charge in [0, 0.05) is 17.1 Å². The van der Waals surface area contributed by atoms with Crippen LogP contribution in [0, 0.1) is 0 Å². The van der Waals surface area contributed by atoms with Gasteiger partial charge in [0.15, 0.2) is 0 Å². The molecule has 1 aliphatic carbocycles. The molecule has 1 aliphatic rings. The number of rotatable bonds is 5. The van der Waals surface area contributed by atoms with Crippen LogP contribution in [0.25, 0.3) is 0 Å². The predicted molar refractivity (Wildman–Crippen MR) is 68.8 cm³/mol. The van der Waals surface area contributed by atoms with Crippen molar-refractivity contribution in [3.63, 3.8) is 0 Å². The molecule has 1 saturated carbocycles. The Labute approximate surface area is 107 Å². The van der Waals surface area contributed by atoms with Crippen LogP contribution in [0.2, 0.25) is 5.02 Å². The van der Waals surface area contributed by atoms with E-state index in [1.807, 2.05) is 24.3 Å². The van der Waals surface area contributed by atoms with Gasteiger partial charge in [0.2, 0.25) is 5.91 Å². The predicted octanol–water partition coefficient (Wildman–Crippen LogP) is 2.35. The van der Waals surface area contributed by atoms with E-state index >= 15 is 0 Å². The van der Waals surface area contributed by atoms with E-state index in [-0.39, 0.29) is 11.9 Å². The molecule has 0 spiro atoms. The van der Waals surface area contributed by atoms with Crippen molar-refractivity contribution < 1.29 is 4.79 Å². The van der Waals surface area contributed by atoms with Gasteiger partial charge in [0.1, 0.15) is 0 Å². The summed E-state index contributed by atoms with van der Waals surface area (Å²) in [5, 5.41) is 0.745. The highest BCUT2D eigenvalue weighted by molar-refractivity contribution is 6.31. The van der Waals surface area contributed by atoms with Crippen molar-refractivity contribution in [1.82, 2.24) is 4.90 Å². The smallest absolute Gasteiger partial charge is 0.231 e. The van der Waals surface area contributed by atoms with Gasteiger partial charge >= 0.3 is 0 Å². The average Bonchev–Trinajstić information content (AvgIpc) is 3.09. The number of amides is 1. The van der Waals surface area contributed by atoms with Gasteiger partial charge in [-0.1, -0.05) is 29.8 Å². The third-order valence-electron chi connectivity index (χ3n) is 3.21. The minimum atomic E-state index is -0.282. The first kappa shape index (κ1) is 12.4. The highest BCUT2D eigenvalue weighted by Gasteiger charge is 2.34. The van der Waals surface area contributed by atoms with Gasteiger partial charge < -0.3 is 5.73 Å². The second-order valence-electron chi connectivity index (χ2n) is 4.57. The molecule has 0 unspecified atom stereocenters. The van der Waals surface area contributed by atoms with E-state index in [1.54, 1.807) is 0 Å². The number of nitrogens with two attached hydrogens (primary N) is 1. The lowest BCUT2D eigenvalue weighted by atomic mass is 10.1. The number of carbonyl (C=O) groups is 1. The standard InChI is InChI=1S/C13H17ClN2O/c1-9(11-4-2-3-5-12(11)14)16(8-13(15)17)10-6-7-10/h2-5,9-10H,6-8H2,1H3,(H2,15,17)/t9-/m0/s1. The Bertz CT molecular complexity index is 418. The van der Waals surface area contributed by atoms with Crippen LogP contribution in [0.3, 0.4) is 0 Å². The van der Waals surface area contributed by atoms with E-state index in [0.717, 1.165) is 23.4 Å². The fraction of sp³-hybridized carbons (Fsp3) is 0.462. The normalized spacial score (nSPS) is 17.1. The number of nitrogens with zero attached hydrogens (tertiary/aromatic N) is 1. The summed E-state index contributed by atoms with van der Waals surface area (Å²) in [4.78, 5) is 13.3. The second kappa shape index (κ2) is 5.07. The topological polar surface area (TPSA) is 46.3 Å². The maximum atomic E-state index is 11.1. The summed E-state index contributed by atoms with van der Waals surface area (Å²) in [6.07, 6.45) is 2.28. The molecule has 0 aliphatic heterocycles. The quantitative estimate of drug-likeness (QED) is 0.875. The highest BCUT2D eigenvalue weighted by Crippen LogP contribution is 2.35. The number of benzene rings is 1. The molecule has 1 aromatic rings. The van der Waals surface area contributed by atoms with Crippen molar-refractivity contribution in [2.45, 2.75) is 31.8 Å². The molecule has 17 heavy (non-hydrogen) atoms. The van der Waals surface area contributed by atoms with Crippen molar-refractivity contribution in [3.05, 3.63) is 34.9 Å². The van der Waals surface area contributed by atoms with Crippen LogP contribution in [0.1, 0.15) is 31.4 Å². The fourth-order valence-electron chi connectivity index (χ4n) is 2.16. The molecule has 0 saturated heterocycles. The molecule has 0 aromatic heterocycles. The summed E-state index contributed by atoms with van der Waals surface area (Å²) < 4.78 is 0. The van der Waals surface area contributed by atoms with Gasteiger partial charge in [-0.2, -0.15) is 0 Å². The van der Waals surface area contributed by atoms with E-state index in [2.05, 4.69) is 11.8 Å². The van der Waals surface area contributed by atoms with Crippen LogP contribution < -0.4 is 5.73 Å². The Morgan fingerprint density at radius 3 is 2.71 bits per heavy atom. The molecule has 92 valence electrons. The maximum absolute atomic E-state index is 11.1. The van der Waals surface area contributed by atoms with Gasteiger partial charge in [-0.3, -0.25) is 9.69 Å². The first-order valence-electron chi connectivity index (χ1n) is 5.88. The first-order chi connectivity index (χ1) is 8.09. The zero-order valence-corrected chi connectivity index (χ0v) is 10.7. The molecule has 1 fully saturated rings. The number of halogens is 1. The first-order valence-corrected chi connectivity index (χ1v) is 6.26. The van der Waals surface area contributed by atoms with Gasteiger partial charge in [-0.05, 0) is 31.4 Å². The molecular weight excluding hydrogens is 236 g/mol. The minimum Gasteiger partial charge on any atom is -0.369 e. The Kier molecular flexibility index (Phi) is 3.69. The molecule has 4 heteroatoms. The number of hydrogen-bond donors (Lipinski definition) is 1. The minimum absolute atomic E-state index is 0.128. The number of hydrogen-bond acceptors (Lipinski definition) is 2. The largest absolute Gasteiger partial charge is 0.369 e. The van der Waals surface area contributed by atoms with Crippen LogP contribution in [0.15, 0.2) is 24.3 Å². The second-order valence-corrected chi connectivity index (χ2v) is 4.97. The Morgan fingerprint density at radius 1 is 1.53 bits per heavy atom. The Hall–Kier alpha value is -1.06. The lowest BCUT2D eigenvalue weighted by molar-refractivity contribution is -0.119. The fourth-order valence-corrected chi connectivity index (χ4v) is 2.45. The van der Waals surface area contributed by atoms with Gasteiger partial charge in [0.05, 0.1) is 6.54 Å². The molecule has 2 N–H and O–H groups in total. The van der Waals surface area contributed by atoms with Crippen LogP contribution in [0.5, 0.6) is 0 Å². The number of primary amides is 1. The van der Waals surface area contributed by atoms with Crippen molar-refractivity contribution in [1.29, 1.82) is 0 Å². The van der Waals surface area contributed by atoms with Crippen LogP contribution in [-0.2, 0) is 4.79 Å². The van der Waals surface area contributed by atoms with E-state index in [9.17, 15) is 4.79 Å². The summed E-state index contributed by atoms with van der Waals surface area (Å²) in [5.41, 5.74) is 6.36. The summed E-state index contributed by atoms with van der Waals surface area (Å²) in [7, 11) is 0. The molecule has 2 rings (SSSR count). The average molecular weight is 253 g/mol. The van der Waals surface area contributed by atoms with Crippen molar-refractivity contribution in [2.75, 3.05) is 6.54 Å². The van der Waals surface area contributed by atoms with E-state index in [1.165, 1.54) is 0 Å². The molecule has 0 bridgehead atoms. The van der Waals surface area contributed by atoms with Crippen molar-refractivity contribution in [2.24, 2.45) is 5.73 Å². The molecule has 1 amide bonds. The van der Waals surface area contributed by atoms with Crippen molar-refractivity contribution in [3.8, 4) is 0 Å². The zero-order valence-electron chi connectivity index (χ0n) is 9.90. The molecule has 0 heterocycles. The SMILES string of the molecule is C[C@@H](c1ccccc1Cl)N(CC(N)=O)C1CC1. The van der Waals surface area contributed by atoms with Gasteiger partial charge in [-0.25, -0.2) is 0 Å². The summed E-state index contributed by atoms with van der Waals surface area (Å²) in [5.74, 6) is -0.282. The third-order valence-corrected chi connectivity index (χ3v) is 3.55. The number of carbonyl (C=O) groups excluding carboxylic acids is 1. The van der Waals surface area contributed by atoms with Gasteiger partial charge in [0.25, 0.3) is 0 Å². The van der Waals surface area contributed by atoms with Crippen LogP contribution in [0.4, 0.5) is 0 Å². The summed E-state index contributed by atoms with van der Waals surface area (Å²) >= 11 is 6.18. The lowest BCUT2D eigenvalue weighted by Gasteiger charge is -2.28. The molecule has 0 radical (unpaired) electrons. The van der Waals surface area contributed by atoms with Crippen LogP contribution >= 0.6 is 11.6 Å². The molecule has 1 atom stereocenters. The Morgan fingerprint density at radius 2 is 2.18 bits per heavy atom.